The minimum Gasteiger partial charge on any atom is -0.491 e. The second kappa shape index (κ2) is 13.1. The SMILES string of the molecule is Cc1cccc(C)c1NC(=O)CN1CCOCCOc2ccc(N3CCOCC3)cc2Cc2cccc(c2)C1. The molecule has 7 heteroatoms. The van der Waals surface area contributed by atoms with Gasteiger partial charge < -0.3 is 24.4 Å². The van der Waals surface area contributed by atoms with Crippen molar-refractivity contribution in [2.24, 2.45) is 0 Å². The van der Waals surface area contributed by atoms with Gasteiger partial charge >= 0.3 is 0 Å². The lowest BCUT2D eigenvalue weighted by molar-refractivity contribution is -0.117. The number of carbonyl (C=O) groups excluding carboxylic acids is 1. The van der Waals surface area contributed by atoms with Crippen molar-refractivity contribution in [2.45, 2.75) is 26.8 Å². The lowest BCUT2D eigenvalue weighted by Gasteiger charge is -2.29. The number of nitrogens with one attached hydrogen (secondary N) is 1. The quantitative estimate of drug-likeness (QED) is 0.534. The fourth-order valence-corrected chi connectivity index (χ4v) is 5.29. The number of amides is 1. The van der Waals surface area contributed by atoms with Crippen molar-refractivity contribution < 1.29 is 19.0 Å². The molecule has 0 unspecified atom stereocenters. The molecule has 206 valence electrons. The first kappa shape index (κ1) is 27.2. The van der Waals surface area contributed by atoms with E-state index in [-0.39, 0.29) is 5.91 Å². The highest BCUT2D eigenvalue weighted by Crippen LogP contribution is 2.29. The topological polar surface area (TPSA) is 63.3 Å². The number of rotatable bonds is 4. The Hall–Kier alpha value is -3.39. The lowest BCUT2D eigenvalue weighted by Crippen LogP contribution is -2.36. The zero-order chi connectivity index (χ0) is 27.0. The summed E-state index contributed by atoms with van der Waals surface area (Å²) in [4.78, 5) is 17.6. The molecule has 3 aromatic rings. The van der Waals surface area contributed by atoms with Gasteiger partial charge in [-0.05, 0) is 54.3 Å². The Morgan fingerprint density at radius 3 is 2.36 bits per heavy atom. The number of fused-ring (bicyclic) bond motifs is 3. The molecule has 2 aliphatic heterocycles. The number of aryl methyl sites for hydroxylation is 2. The van der Waals surface area contributed by atoms with Crippen LogP contribution in [0.15, 0.2) is 60.7 Å². The van der Waals surface area contributed by atoms with Crippen molar-refractivity contribution in [3.05, 3.63) is 88.5 Å². The first-order valence-corrected chi connectivity index (χ1v) is 13.9. The lowest BCUT2D eigenvalue weighted by atomic mass is 10.0. The normalized spacial score (nSPS) is 17.0. The van der Waals surface area contributed by atoms with Crippen LogP contribution >= 0.6 is 0 Å². The molecule has 1 fully saturated rings. The molecule has 1 saturated heterocycles. The van der Waals surface area contributed by atoms with Gasteiger partial charge in [0, 0.05) is 49.5 Å². The van der Waals surface area contributed by atoms with Crippen LogP contribution in [-0.2, 0) is 27.2 Å². The van der Waals surface area contributed by atoms with Crippen molar-refractivity contribution in [2.75, 3.05) is 69.4 Å². The monoisotopic (exact) mass is 529 g/mol. The Labute approximate surface area is 231 Å². The van der Waals surface area contributed by atoms with Crippen LogP contribution in [0.1, 0.15) is 27.8 Å². The van der Waals surface area contributed by atoms with Crippen LogP contribution in [0.4, 0.5) is 11.4 Å². The average molecular weight is 530 g/mol. The number of hydrogen-bond donors (Lipinski definition) is 1. The number of carbonyl (C=O) groups is 1. The molecule has 0 spiro atoms. The first-order chi connectivity index (χ1) is 19.0. The summed E-state index contributed by atoms with van der Waals surface area (Å²) in [6.07, 6.45) is 0.773. The smallest absolute Gasteiger partial charge is 0.238 e. The first-order valence-electron chi connectivity index (χ1n) is 13.9. The van der Waals surface area contributed by atoms with Crippen LogP contribution in [0.25, 0.3) is 0 Å². The molecule has 0 radical (unpaired) electrons. The highest BCUT2D eigenvalue weighted by Gasteiger charge is 2.17. The molecule has 2 heterocycles. The van der Waals surface area contributed by atoms with E-state index < -0.39 is 0 Å². The summed E-state index contributed by atoms with van der Waals surface area (Å²) in [5.41, 5.74) is 7.80. The summed E-state index contributed by atoms with van der Waals surface area (Å²) >= 11 is 0. The van der Waals surface area contributed by atoms with Gasteiger partial charge in [-0.2, -0.15) is 0 Å². The molecular weight excluding hydrogens is 490 g/mol. The third-order valence-corrected chi connectivity index (χ3v) is 7.36. The summed E-state index contributed by atoms with van der Waals surface area (Å²) in [7, 11) is 0. The number of morpholine rings is 1. The van der Waals surface area contributed by atoms with E-state index in [4.69, 9.17) is 14.2 Å². The van der Waals surface area contributed by atoms with Gasteiger partial charge in [0.2, 0.25) is 5.91 Å². The molecule has 0 aliphatic carbocycles. The number of ether oxygens (including phenoxy) is 3. The molecule has 2 aliphatic rings. The molecule has 1 amide bonds. The van der Waals surface area contributed by atoms with Crippen LogP contribution in [0.5, 0.6) is 5.75 Å². The Morgan fingerprint density at radius 2 is 1.54 bits per heavy atom. The van der Waals surface area contributed by atoms with Crippen molar-refractivity contribution in [1.82, 2.24) is 4.90 Å². The second-order valence-corrected chi connectivity index (χ2v) is 10.4. The Balaban J connectivity index is 1.33. The van der Waals surface area contributed by atoms with Crippen molar-refractivity contribution >= 4 is 17.3 Å². The summed E-state index contributed by atoms with van der Waals surface area (Å²) in [5.74, 6) is 0.889. The van der Waals surface area contributed by atoms with Gasteiger partial charge in [0.25, 0.3) is 0 Å². The zero-order valence-electron chi connectivity index (χ0n) is 23.1. The Kier molecular flexibility index (Phi) is 9.14. The number of anilines is 2. The molecule has 0 atom stereocenters. The predicted octanol–water partition coefficient (Wildman–Crippen LogP) is 4.58. The molecule has 7 nitrogen and oxygen atoms in total. The van der Waals surface area contributed by atoms with Crippen LogP contribution in [0.3, 0.4) is 0 Å². The maximum Gasteiger partial charge on any atom is 0.238 e. The van der Waals surface area contributed by atoms with Gasteiger partial charge in [-0.1, -0.05) is 42.5 Å². The highest BCUT2D eigenvalue weighted by molar-refractivity contribution is 5.93. The van der Waals surface area contributed by atoms with E-state index >= 15 is 0 Å². The minimum absolute atomic E-state index is 0.0161. The maximum absolute atomic E-state index is 13.1. The fourth-order valence-electron chi connectivity index (χ4n) is 5.29. The van der Waals surface area contributed by atoms with Crippen LogP contribution in [0.2, 0.25) is 0 Å². The Bertz CT molecular complexity index is 1250. The maximum atomic E-state index is 13.1. The van der Waals surface area contributed by atoms with Gasteiger partial charge in [-0.15, -0.1) is 0 Å². The minimum atomic E-state index is -0.0161. The van der Waals surface area contributed by atoms with Crippen molar-refractivity contribution in [3.63, 3.8) is 0 Å². The highest BCUT2D eigenvalue weighted by atomic mass is 16.5. The summed E-state index contributed by atoms with van der Waals surface area (Å²) in [5, 5.41) is 3.13. The number of benzene rings is 3. The van der Waals surface area contributed by atoms with E-state index in [0.29, 0.717) is 39.5 Å². The number of nitrogens with zero attached hydrogens (tertiary/aromatic N) is 2. The van der Waals surface area contributed by atoms with Gasteiger partial charge in [-0.25, -0.2) is 0 Å². The molecule has 0 saturated carbocycles. The predicted molar refractivity (Wildman–Crippen MR) is 155 cm³/mol. The van der Waals surface area contributed by atoms with Crippen molar-refractivity contribution in [1.29, 1.82) is 0 Å². The van der Waals surface area contributed by atoms with Gasteiger partial charge in [0.15, 0.2) is 0 Å². The molecule has 2 bridgehead atoms. The second-order valence-electron chi connectivity index (χ2n) is 10.4. The van der Waals surface area contributed by atoms with Crippen LogP contribution in [0, 0.1) is 13.8 Å². The largest absolute Gasteiger partial charge is 0.491 e. The summed E-state index contributed by atoms with van der Waals surface area (Å²) < 4.78 is 17.6. The molecule has 39 heavy (non-hydrogen) atoms. The van der Waals surface area contributed by atoms with Gasteiger partial charge in [0.1, 0.15) is 12.4 Å². The van der Waals surface area contributed by atoms with E-state index in [1.54, 1.807) is 0 Å². The molecule has 1 N–H and O–H groups in total. The fraction of sp³-hybridized carbons (Fsp3) is 0.406. The number of hydrogen-bond acceptors (Lipinski definition) is 6. The van der Waals surface area contributed by atoms with E-state index in [2.05, 4.69) is 57.6 Å². The van der Waals surface area contributed by atoms with E-state index in [1.807, 2.05) is 32.0 Å². The summed E-state index contributed by atoms with van der Waals surface area (Å²) in [6.45, 7) is 10.5. The molecular formula is C32H39N3O4. The van der Waals surface area contributed by atoms with E-state index in [1.165, 1.54) is 16.8 Å². The standard InChI is InChI=1S/C32H39N3O4/c1-24-5-3-6-25(2)32(24)33-31(36)23-34-11-14-38-17-18-39-30-10-9-29(35-12-15-37-16-13-35)21-28(30)20-26-7-4-8-27(19-26)22-34/h3-10,19,21H,11-18,20,22-23H2,1-2H3,(H,33,36). The van der Waals surface area contributed by atoms with Gasteiger partial charge in [0.05, 0.1) is 33.0 Å². The Morgan fingerprint density at radius 1 is 0.821 bits per heavy atom. The average Bonchev–Trinajstić information content (AvgIpc) is 2.93. The molecule has 0 aromatic heterocycles. The van der Waals surface area contributed by atoms with E-state index in [0.717, 1.165) is 60.9 Å². The van der Waals surface area contributed by atoms with Gasteiger partial charge in [-0.3, -0.25) is 9.69 Å². The zero-order valence-corrected chi connectivity index (χ0v) is 23.1. The van der Waals surface area contributed by atoms with Crippen molar-refractivity contribution in [3.8, 4) is 5.75 Å². The van der Waals surface area contributed by atoms with E-state index in [9.17, 15) is 4.79 Å². The third-order valence-electron chi connectivity index (χ3n) is 7.36. The molecule has 3 aromatic carbocycles. The third kappa shape index (κ3) is 7.38. The molecule has 5 rings (SSSR count). The van der Waals surface area contributed by atoms with Crippen LogP contribution < -0.4 is 15.0 Å². The van der Waals surface area contributed by atoms with Crippen LogP contribution in [-0.4, -0.2) is 70.0 Å². The number of para-hydroxylation sites is 1. The summed E-state index contributed by atoms with van der Waals surface area (Å²) in [6, 6.07) is 21.2.